The van der Waals surface area contributed by atoms with E-state index in [1.54, 1.807) is 0 Å². The number of hydrogen-bond acceptors (Lipinski definition) is 3. The predicted octanol–water partition coefficient (Wildman–Crippen LogP) is 2.60. The largest absolute Gasteiger partial charge is 0.381 e. The zero-order valence-electron chi connectivity index (χ0n) is 12.2. The number of ether oxygens (including phenoxy) is 2. The lowest BCUT2D eigenvalue weighted by molar-refractivity contribution is 0.0175. The molecule has 0 aromatic carbocycles. The first kappa shape index (κ1) is 14.3. The standard InChI is InChI=1S/C15H29NO2/c1-12(2)9-16-10-15(6-7-17-11-15)8-14-5-4-13(3)18-14/h12-14,16H,4-11H2,1-3H3. The fourth-order valence-electron chi connectivity index (χ4n) is 3.17. The van der Waals surface area contributed by atoms with Crippen LogP contribution in [0.2, 0.25) is 0 Å². The zero-order valence-corrected chi connectivity index (χ0v) is 12.2. The fraction of sp³-hybridized carbons (Fsp3) is 1.00. The van der Waals surface area contributed by atoms with E-state index in [1.165, 1.54) is 25.7 Å². The molecule has 2 heterocycles. The van der Waals surface area contributed by atoms with Crippen molar-refractivity contribution < 1.29 is 9.47 Å². The summed E-state index contributed by atoms with van der Waals surface area (Å²) in [6.45, 7) is 10.7. The van der Waals surface area contributed by atoms with E-state index in [4.69, 9.17) is 9.47 Å². The van der Waals surface area contributed by atoms with Crippen LogP contribution in [0.4, 0.5) is 0 Å². The monoisotopic (exact) mass is 255 g/mol. The Morgan fingerprint density at radius 1 is 1.33 bits per heavy atom. The molecule has 0 saturated carbocycles. The van der Waals surface area contributed by atoms with E-state index in [0.29, 0.717) is 23.5 Å². The second kappa shape index (κ2) is 6.36. The van der Waals surface area contributed by atoms with Crippen LogP contribution in [0.25, 0.3) is 0 Å². The summed E-state index contributed by atoms with van der Waals surface area (Å²) in [5.41, 5.74) is 0.323. The van der Waals surface area contributed by atoms with Crippen molar-refractivity contribution in [2.24, 2.45) is 11.3 Å². The van der Waals surface area contributed by atoms with Crippen molar-refractivity contribution in [1.29, 1.82) is 0 Å². The fourth-order valence-corrected chi connectivity index (χ4v) is 3.17. The Balaban J connectivity index is 1.82. The first-order valence-corrected chi connectivity index (χ1v) is 7.54. The summed E-state index contributed by atoms with van der Waals surface area (Å²) < 4.78 is 11.7. The van der Waals surface area contributed by atoms with Gasteiger partial charge in [0.25, 0.3) is 0 Å². The third kappa shape index (κ3) is 3.94. The summed E-state index contributed by atoms with van der Waals surface area (Å²) in [7, 11) is 0. The van der Waals surface area contributed by atoms with Gasteiger partial charge in [0.15, 0.2) is 0 Å². The van der Waals surface area contributed by atoms with E-state index < -0.39 is 0 Å². The third-order valence-corrected chi connectivity index (χ3v) is 4.22. The van der Waals surface area contributed by atoms with Crippen LogP contribution >= 0.6 is 0 Å². The Labute approximate surface area is 112 Å². The van der Waals surface area contributed by atoms with Crippen LogP contribution in [-0.4, -0.2) is 38.5 Å². The van der Waals surface area contributed by atoms with Crippen LogP contribution in [0.3, 0.4) is 0 Å². The molecular formula is C15H29NO2. The molecule has 0 aromatic heterocycles. The van der Waals surface area contributed by atoms with Gasteiger partial charge in [-0.15, -0.1) is 0 Å². The van der Waals surface area contributed by atoms with Crippen LogP contribution in [0.5, 0.6) is 0 Å². The second-order valence-corrected chi connectivity index (χ2v) is 6.68. The van der Waals surface area contributed by atoms with E-state index in [9.17, 15) is 0 Å². The van der Waals surface area contributed by atoms with Crippen LogP contribution in [-0.2, 0) is 9.47 Å². The Bertz CT molecular complexity index is 249. The molecule has 106 valence electrons. The maximum atomic E-state index is 5.99. The Morgan fingerprint density at radius 3 is 2.72 bits per heavy atom. The topological polar surface area (TPSA) is 30.5 Å². The minimum atomic E-state index is 0.323. The molecule has 18 heavy (non-hydrogen) atoms. The average molecular weight is 255 g/mol. The lowest BCUT2D eigenvalue weighted by Crippen LogP contribution is -2.39. The maximum Gasteiger partial charge on any atom is 0.0586 e. The highest BCUT2D eigenvalue weighted by molar-refractivity contribution is 4.89. The summed E-state index contributed by atoms with van der Waals surface area (Å²) in [5.74, 6) is 0.715. The quantitative estimate of drug-likeness (QED) is 0.791. The minimum absolute atomic E-state index is 0.323. The van der Waals surface area contributed by atoms with Crippen molar-refractivity contribution in [3.8, 4) is 0 Å². The SMILES string of the molecule is CC(C)CNCC1(CC2CCC(C)O2)CCOC1. The van der Waals surface area contributed by atoms with Crippen molar-refractivity contribution >= 4 is 0 Å². The lowest BCUT2D eigenvalue weighted by atomic mass is 9.81. The van der Waals surface area contributed by atoms with E-state index in [1.807, 2.05) is 0 Å². The van der Waals surface area contributed by atoms with Crippen LogP contribution in [0, 0.1) is 11.3 Å². The van der Waals surface area contributed by atoms with Crippen molar-refractivity contribution in [3.05, 3.63) is 0 Å². The van der Waals surface area contributed by atoms with Gasteiger partial charge in [-0.05, 0) is 45.1 Å². The molecule has 2 rings (SSSR count). The summed E-state index contributed by atoms with van der Waals surface area (Å²) in [5, 5.41) is 3.62. The molecule has 0 radical (unpaired) electrons. The van der Waals surface area contributed by atoms with Gasteiger partial charge in [0.1, 0.15) is 0 Å². The van der Waals surface area contributed by atoms with Crippen molar-refractivity contribution in [1.82, 2.24) is 5.32 Å². The van der Waals surface area contributed by atoms with Gasteiger partial charge in [0.2, 0.25) is 0 Å². The molecule has 0 amide bonds. The summed E-state index contributed by atoms with van der Waals surface area (Å²) in [6.07, 6.45) is 5.73. The minimum Gasteiger partial charge on any atom is -0.381 e. The van der Waals surface area contributed by atoms with E-state index in [2.05, 4.69) is 26.1 Å². The molecule has 0 aromatic rings. The molecule has 3 nitrogen and oxygen atoms in total. The van der Waals surface area contributed by atoms with Gasteiger partial charge < -0.3 is 14.8 Å². The molecule has 3 unspecified atom stereocenters. The molecule has 0 bridgehead atoms. The highest BCUT2D eigenvalue weighted by Crippen LogP contribution is 2.37. The summed E-state index contributed by atoms with van der Waals surface area (Å²) >= 11 is 0. The van der Waals surface area contributed by atoms with Gasteiger partial charge in [-0.1, -0.05) is 13.8 Å². The van der Waals surface area contributed by atoms with Gasteiger partial charge in [0.05, 0.1) is 18.8 Å². The molecular weight excluding hydrogens is 226 g/mol. The average Bonchev–Trinajstić information content (AvgIpc) is 2.89. The number of hydrogen-bond donors (Lipinski definition) is 1. The third-order valence-electron chi connectivity index (χ3n) is 4.22. The van der Waals surface area contributed by atoms with Gasteiger partial charge in [-0.25, -0.2) is 0 Å². The highest BCUT2D eigenvalue weighted by atomic mass is 16.5. The molecule has 3 heteroatoms. The second-order valence-electron chi connectivity index (χ2n) is 6.68. The van der Waals surface area contributed by atoms with Crippen LogP contribution in [0.1, 0.15) is 46.5 Å². The van der Waals surface area contributed by atoms with E-state index in [0.717, 1.165) is 26.3 Å². The van der Waals surface area contributed by atoms with Crippen LogP contribution < -0.4 is 5.32 Å². The van der Waals surface area contributed by atoms with Gasteiger partial charge >= 0.3 is 0 Å². The maximum absolute atomic E-state index is 5.99. The first-order chi connectivity index (χ1) is 8.60. The molecule has 0 aliphatic carbocycles. The van der Waals surface area contributed by atoms with Crippen molar-refractivity contribution in [3.63, 3.8) is 0 Å². The van der Waals surface area contributed by atoms with E-state index >= 15 is 0 Å². The number of rotatable bonds is 6. The molecule has 3 atom stereocenters. The zero-order chi connectivity index (χ0) is 13.0. The molecule has 1 N–H and O–H groups in total. The van der Waals surface area contributed by atoms with Crippen molar-refractivity contribution in [2.75, 3.05) is 26.3 Å². The normalized spacial score (nSPS) is 36.7. The van der Waals surface area contributed by atoms with E-state index in [-0.39, 0.29) is 0 Å². The van der Waals surface area contributed by atoms with Gasteiger partial charge in [-0.2, -0.15) is 0 Å². The smallest absolute Gasteiger partial charge is 0.0586 e. The van der Waals surface area contributed by atoms with Crippen LogP contribution in [0.15, 0.2) is 0 Å². The molecule has 2 fully saturated rings. The Morgan fingerprint density at radius 2 is 2.17 bits per heavy atom. The summed E-state index contributed by atoms with van der Waals surface area (Å²) in [4.78, 5) is 0. The first-order valence-electron chi connectivity index (χ1n) is 7.54. The molecule has 2 aliphatic heterocycles. The molecule has 2 aliphatic rings. The molecule has 0 spiro atoms. The highest BCUT2D eigenvalue weighted by Gasteiger charge is 2.38. The predicted molar refractivity (Wildman–Crippen MR) is 73.8 cm³/mol. The lowest BCUT2D eigenvalue weighted by Gasteiger charge is -2.31. The van der Waals surface area contributed by atoms with Crippen molar-refractivity contribution in [2.45, 2.75) is 58.7 Å². The van der Waals surface area contributed by atoms with Gasteiger partial charge in [0, 0.05) is 18.6 Å². The Hall–Kier alpha value is -0.120. The summed E-state index contributed by atoms with van der Waals surface area (Å²) in [6, 6.07) is 0. The Kier molecular flexibility index (Phi) is 5.05. The van der Waals surface area contributed by atoms with Gasteiger partial charge in [-0.3, -0.25) is 0 Å². The number of nitrogens with one attached hydrogen (secondary N) is 1. The molecule has 2 saturated heterocycles.